The van der Waals surface area contributed by atoms with Crippen LogP contribution in [0.5, 0.6) is 0 Å². The van der Waals surface area contributed by atoms with Crippen LogP contribution in [0.1, 0.15) is 13.8 Å². The first-order chi connectivity index (χ1) is 8.58. The lowest BCUT2D eigenvalue weighted by atomic mass is 10.1. The summed E-state index contributed by atoms with van der Waals surface area (Å²) in [5.41, 5.74) is 2.28. The average molecular weight is 246 g/mol. The van der Waals surface area contributed by atoms with Crippen LogP contribution in [0.25, 0.3) is 0 Å². The zero-order valence-electron chi connectivity index (χ0n) is 11.7. The van der Waals surface area contributed by atoms with E-state index in [2.05, 4.69) is 13.2 Å². The Morgan fingerprint density at radius 3 is 1.28 bits per heavy atom. The lowest BCUT2D eigenvalue weighted by molar-refractivity contribution is 0.307. The maximum absolute atomic E-state index is 5.10. The van der Waals surface area contributed by atoms with Crippen LogP contribution in [0.15, 0.2) is 72.3 Å². The molecule has 0 N–H and O–H groups in total. The molecule has 18 heavy (non-hydrogen) atoms. The minimum Gasteiger partial charge on any atom is -0.497 e. The van der Waals surface area contributed by atoms with Gasteiger partial charge < -0.3 is 9.47 Å². The Bertz CT molecular complexity index is 367. The Morgan fingerprint density at radius 2 is 1.06 bits per heavy atom. The van der Waals surface area contributed by atoms with Gasteiger partial charge in [-0.1, -0.05) is 25.3 Å². The fourth-order valence-corrected chi connectivity index (χ4v) is 1.12. The van der Waals surface area contributed by atoms with Crippen molar-refractivity contribution in [3.8, 4) is 0 Å². The van der Waals surface area contributed by atoms with Crippen molar-refractivity contribution in [2.75, 3.05) is 14.2 Å². The lowest BCUT2D eigenvalue weighted by Crippen LogP contribution is -1.83. The van der Waals surface area contributed by atoms with Gasteiger partial charge in [-0.25, -0.2) is 0 Å². The number of hydrogen-bond acceptors (Lipinski definition) is 2. The third-order valence-corrected chi connectivity index (χ3v) is 2.49. The Hall–Kier alpha value is -1.96. The quantitative estimate of drug-likeness (QED) is 0.492. The average Bonchev–Trinajstić information content (AvgIpc) is 2.40. The molecule has 0 spiro atoms. The van der Waals surface area contributed by atoms with Gasteiger partial charge in [-0.3, -0.25) is 0 Å². The molecule has 0 aliphatic rings. The Labute approximate surface area is 110 Å². The monoisotopic (exact) mass is 246 g/mol. The predicted octanol–water partition coefficient (Wildman–Crippen LogP) is 4.31. The topological polar surface area (TPSA) is 18.5 Å². The van der Waals surface area contributed by atoms with Crippen LogP contribution in [-0.4, -0.2) is 14.2 Å². The summed E-state index contributed by atoms with van der Waals surface area (Å²) in [6.45, 7) is 11.4. The van der Waals surface area contributed by atoms with E-state index >= 15 is 0 Å². The van der Waals surface area contributed by atoms with Gasteiger partial charge in [0.05, 0.1) is 14.2 Å². The fourth-order valence-electron chi connectivity index (χ4n) is 1.12. The third kappa shape index (κ3) is 5.94. The number of rotatable bonds is 7. The first-order valence-electron chi connectivity index (χ1n) is 5.69. The highest BCUT2D eigenvalue weighted by Crippen LogP contribution is 2.11. The minimum absolute atomic E-state index is 0.737. The molecule has 0 bridgehead atoms. The van der Waals surface area contributed by atoms with Crippen molar-refractivity contribution < 1.29 is 9.47 Å². The van der Waals surface area contributed by atoms with E-state index in [-0.39, 0.29) is 0 Å². The zero-order valence-corrected chi connectivity index (χ0v) is 11.7. The largest absolute Gasteiger partial charge is 0.497 e. The molecule has 0 aromatic heterocycles. The normalized spacial score (nSPS) is 14.2. The van der Waals surface area contributed by atoms with E-state index in [0.717, 1.165) is 22.7 Å². The van der Waals surface area contributed by atoms with Gasteiger partial charge in [0.2, 0.25) is 0 Å². The van der Waals surface area contributed by atoms with E-state index in [4.69, 9.17) is 9.47 Å². The summed E-state index contributed by atoms with van der Waals surface area (Å²) in [6.07, 6.45) is 11.1. The molecule has 0 fully saturated rings. The third-order valence-electron chi connectivity index (χ3n) is 2.49. The smallest absolute Gasteiger partial charge is 0.118 e. The van der Waals surface area contributed by atoms with Gasteiger partial charge in [0.25, 0.3) is 0 Å². The maximum Gasteiger partial charge on any atom is 0.118 e. The predicted molar refractivity (Wildman–Crippen MR) is 78.1 cm³/mol. The zero-order chi connectivity index (χ0) is 14.0. The van der Waals surface area contributed by atoms with Crippen molar-refractivity contribution in [3.05, 3.63) is 72.3 Å². The van der Waals surface area contributed by atoms with Crippen LogP contribution >= 0.6 is 0 Å². The van der Waals surface area contributed by atoms with Crippen LogP contribution in [0.3, 0.4) is 0 Å². The lowest BCUT2D eigenvalue weighted by Gasteiger charge is -2.01. The summed E-state index contributed by atoms with van der Waals surface area (Å²) < 4.78 is 10.2. The fraction of sp³-hybridized carbons (Fsp3) is 0.250. The molecule has 0 amide bonds. The highest BCUT2D eigenvalue weighted by molar-refractivity contribution is 5.35. The van der Waals surface area contributed by atoms with E-state index in [9.17, 15) is 0 Å². The second kappa shape index (κ2) is 9.11. The van der Waals surface area contributed by atoms with Crippen LogP contribution in [-0.2, 0) is 9.47 Å². The summed E-state index contributed by atoms with van der Waals surface area (Å²) in [5.74, 6) is 1.47. The summed E-state index contributed by atoms with van der Waals surface area (Å²) in [7, 11) is 3.24. The molecular formula is C16H22O2. The van der Waals surface area contributed by atoms with E-state index in [1.807, 2.05) is 38.2 Å². The van der Waals surface area contributed by atoms with E-state index in [0.29, 0.717) is 0 Å². The first kappa shape index (κ1) is 16.0. The van der Waals surface area contributed by atoms with Crippen LogP contribution < -0.4 is 0 Å². The van der Waals surface area contributed by atoms with Crippen molar-refractivity contribution in [1.29, 1.82) is 0 Å². The molecule has 2 heteroatoms. The van der Waals surface area contributed by atoms with E-state index in [1.165, 1.54) is 0 Å². The molecular weight excluding hydrogens is 224 g/mol. The van der Waals surface area contributed by atoms with E-state index in [1.54, 1.807) is 26.4 Å². The molecule has 0 saturated heterocycles. The first-order valence-corrected chi connectivity index (χ1v) is 5.69. The van der Waals surface area contributed by atoms with Crippen molar-refractivity contribution in [1.82, 2.24) is 0 Å². The van der Waals surface area contributed by atoms with Gasteiger partial charge >= 0.3 is 0 Å². The van der Waals surface area contributed by atoms with Crippen LogP contribution in [0.4, 0.5) is 0 Å². The molecule has 0 rings (SSSR count). The Balaban J connectivity index is 4.93. The molecule has 0 saturated carbocycles. The molecule has 2 nitrogen and oxygen atoms in total. The summed E-state index contributed by atoms with van der Waals surface area (Å²) in [4.78, 5) is 0. The van der Waals surface area contributed by atoms with Crippen LogP contribution in [0.2, 0.25) is 0 Å². The molecule has 0 aromatic carbocycles. The summed E-state index contributed by atoms with van der Waals surface area (Å²) in [6, 6.07) is 0. The number of allylic oxidation sites excluding steroid dienone is 8. The van der Waals surface area contributed by atoms with Gasteiger partial charge in [-0.05, 0) is 49.3 Å². The van der Waals surface area contributed by atoms with Crippen LogP contribution in [0, 0.1) is 0 Å². The van der Waals surface area contributed by atoms with Crippen molar-refractivity contribution in [2.45, 2.75) is 13.8 Å². The van der Waals surface area contributed by atoms with Crippen molar-refractivity contribution in [2.24, 2.45) is 0 Å². The number of ether oxygens (including phenoxy) is 2. The maximum atomic E-state index is 5.10. The molecule has 0 aromatic rings. The van der Waals surface area contributed by atoms with Gasteiger partial charge in [-0.2, -0.15) is 0 Å². The second-order valence-electron chi connectivity index (χ2n) is 3.65. The molecule has 0 atom stereocenters. The second-order valence-corrected chi connectivity index (χ2v) is 3.65. The van der Waals surface area contributed by atoms with E-state index < -0.39 is 0 Å². The highest BCUT2D eigenvalue weighted by Gasteiger charge is 1.92. The molecule has 98 valence electrons. The van der Waals surface area contributed by atoms with Gasteiger partial charge in [-0.15, -0.1) is 0 Å². The minimum atomic E-state index is 0.737. The number of hydrogen-bond donors (Lipinski definition) is 0. The molecule has 0 unspecified atom stereocenters. The standard InChI is InChI=1S/C16H22O2/c1-7-15(17-5)11-9-13(3)14(4)10-12-16(8-2)18-6/h7-12H,1-2H2,3-6H3/b13-9+,14-10+,15-11+,16-12+. The summed E-state index contributed by atoms with van der Waals surface area (Å²) >= 11 is 0. The Morgan fingerprint density at radius 1 is 0.722 bits per heavy atom. The Kier molecular flexibility index (Phi) is 8.12. The van der Waals surface area contributed by atoms with Gasteiger partial charge in [0, 0.05) is 0 Å². The van der Waals surface area contributed by atoms with Crippen molar-refractivity contribution >= 4 is 0 Å². The molecule has 0 heterocycles. The highest BCUT2D eigenvalue weighted by atomic mass is 16.5. The number of methoxy groups -OCH3 is 2. The molecule has 0 aliphatic heterocycles. The molecule has 0 aliphatic carbocycles. The summed E-state index contributed by atoms with van der Waals surface area (Å²) in [5, 5.41) is 0. The van der Waals surface area contributed by atoms with Gasteiger partial charge in [0.15, 0.2) is 0 Å². The van der Waals surface area contributed by atoms with Gasteiger partial charge in [0.1, 0.15) is 11.5 Å². The molecule has 0 radical (unpaired) electrons. The van der Waals surface area contributed by atoms with Crippen molar-refractivity contribution in [3.63, 3.8) is 0 Å². The SMILES string of the molecule is C=C\C(=C/C=C(C)/C(C)=C/C=C(\C=C)OC)OC.